The van der Waals surface area contributed by atoms with E-state index in [-0.39, 0.29) is 23.0 Å². The van der Waals surface area contributed by atoms with Crippen molar-refractivity contribution in [3.63, 3.8) is 0 Å². The lowest BCUT2D eigenvalue weighted by molar-refractivity contribution is -0.386. The molecule has 18 heavy (non-hydrogen) atoms. The lowest BCUT2D eigenvalue weighted by Crippen LogP contribution is -2.53. The highest BCUT2D eigenvalue weighted by atomic mass is 79.9. The van der Waals surface area contributed by atoms with Gasteiger partial charge >= 0.3 is 5.69 Å². The molecule has 0 aliphatic heterocycles. The van der Waals surface area contributed by atoms with E-state index in [0.29, 0.717) is 4.83 Å². The zero-order valence-electron chi connectivity index (χ0n) is 10.0. The second-order valence-corrected chi connectivity index (χ2v) is 6.11. The van der Waals surface area contributed by atoms with Gasteiger partial charge in [0.15, 0.2) is 5.75 Å². The van der Waals surface area contributed by atoms with Crippen LogP contribution in [0.4, 0.5) is 10.1 Å². The van der Waals surface area contributed by atoms with Crippen molar-refractivity contribution in [2.45, 2.75) is 31.2 Å². The predicted molar refractivity (Wildman–Crippen MR) is 68.6 cm³/mol. The van der Waals surface area contributed by atoms with Crippen LogP contribution in [0.1, 0.15) is 20.3 Å². The maximum absolute atomic E-state index is 13.1. The van der Waals surface area contributed by atoms with E-state index >= 15 is 0 Å². The summed E-state index contributed by atoms with van der Waals surface area (Å²) in [6, 6.07) is 3.25. The summed E-state index contributed by atoms with van der Waals surface area (Å²) in [7, 11) is 0. The number of rotatable bonds is 3. The van der Waals surface area contributed by atoms with Gasteiger partial charge in [-0.25, -0.2) is 4.39 Å². The molecular weight excluding hydrogens is 305 g/mol. The molecule has 0 spiro atoms. The smallest absolute Gasteiger partial charge is 0.311 e. The minimum absolute atomic E-state index is 0.00234. The number of nitro groups is 1. The Bertz CT molecular complexity index is 492. The molecule has 6 heteroatoms. The molecular formula is C12H13BrFNO3. The number of benzene rings is 1. The molecule has 2 rings (SSSR count). The second kappa shape index (κ2) is 4.50. The van der Waals surface area contributed by atoms with Crippen molar-refractivity contribution in [1.29, 1.82) is 0 Å². The lowest BCUT2D eigenvalue weighted by Gasteiger charge is -2.48. The SMILES string of the molecule is CC1(C)C(Br)CC1Oc1cc(F)ccc1[N+](=O)[O-]. The van der Waals surface area contributed by atoms with Crippen molar-refractivity contribution in [3.05, 3.63) is 34.1 Å². The molecule has 1 saturated carbocycles. The summed E-state index contributed by atoms with van der Waals surface area (Å²) in [5.74, 6) is -0.541. The van der Waals surface area contributed by atoms with Crippen molar-refractivity contribution in [1.82, 2.24) is 0 Å². The van der Waals surface area contributed by atoms with Gasteiger partial charge in [0.05, 0.1) is 4.92 Å². The zero-order chi connectivity index (χ0) is 13.5. The van der Waals surface area contributed by atoms with Gasteiger partial charge in [0.1, 0.15) is 11.9 Å². The van der Waals surface area contributed by atoms with Gasteiger partial charge in [0.25, 0.3) is 0 Å². The first-order valence-electron chi connectivity index (χ1n) is 5.57. The summed E-state index contributed by atoms with van der Waals surface area (Å²) in [6.45, 7) is 4.01. The van der Waals surface area contributed by atoms with Crippen molar-refractivity contribution in [2.24, 2.45) is 5.41 Å². The van der Waals surface area contributed by atoms with E-state index in [9.17, 15) is 14.5 Å². The zero-order valence-corrected chi connectivity index (χ0v) is 11.6. The van der Waals surface area contributed by atoms with E-state index in [4.69, 9.17) is 4.74 Å². The van der Waals surface area contributed by atoms with E-state index in [1.807, 2.05) is 13.8 Å². The third-order valence-corrected chi connectivity index (χ3v) is 5.00. The predicted octanol–water partition coefficient (Wildman–Crippen LogP) is 3.67. The van der Waals surface area contributed by atoms with Gasteiger partial charge in [-0.3, -0.25) is 10.1 Å². The Morgan fingerprint density at radius 2 is 2.22 bits per heavy atom. The Hall–Kier alpha value is -1.17. The highest BCUT2D eigenvalue weighted by Crippen LogP contribution is 2.48. The van der Waals surface area contributed by atoms with Crippen molar-refractivity contribution in [3.8, 4) is 5.75 Å². The Balaban J connectivity index is 2.24. The molecule has 0 radical (unpaired) electrons. The first-order valence-corrected chi connectivity index (χ1v) is 6.48. The van der Waals surface area contributed by atoms with Crippen LogP contribution in [0.5, 0.6) is 5.75 Å². The van der Waals surface area contributed by atoms with Gasteiger partial charge in [-0.1, -0.05) is 29.8 Å². The molecule has 0 aromatic heterocycles. The Morgan fingerprint density at radius 3 is 2.72 bits per heavy atom. The van der Waals surface area contributed by atoms with Crippen LogP contribution in [0.2, 0.25) is 0 Å². The number of nitrogens with zero attached hydrogens (tertiary/aromatic N) is 1. The van der Waals surface area contributed by atoms with Gasteiger partial charge in [0.2, 0.25) is 0 Å². The number of nitro benzene ring substituents is 1. The van der Waals surface area contributed by atoms with Crippen LogP contribution < -0.4 is 4.74 Å². The monoisotopic (exact) mass is 317 g/mol. The molecule has 1 fully saturated rings. The summed E-state index contributed by atoms with van der Waals surface area (Å²) >= 11 is 3.51. The third kappa shape index (κ3) is 2.21. The average Bonchev–Trinajstić information content (AvgIpc) is 2.28. The highest BCUT2D eigenvalue weighted by Gasteiger charge is 2.49. The van der Waals surface area contributed by atoms with Crippen LogP contribution in [0.3, 0.4) is 0 Å². The molecule has 0 amide bonds. The van der Waals surface area contributed by atoms with E-state index in [1.165, 1.54) is 0 Å². The van der Waals surface area contributed by atoms with Gasteiger partial charge in [-0.2, -0.15) is 0 Å². The largest absolute Gasteiger partial charge is 0.483 e. The third-order valence-electron chi connectivity index (χ3n) is 3.45. The van der Waals surface area contributed by atoms with Crippen molar-refractivity contribution >= 4 is 21.6 Å². The molecule has 2 atom stereocenters. The fourth-order valence-electron chi connectivity index (χ4n) is 1.92. The standard InChI is InChI=1S/C12H13BrFNO3/c1-12(2)10(13)6-11(12)18-9-5-7(14)3-4-8(9)15(16)17/h3-5,10-11H,6H2,1-2H3. The molecule has 2 unspecified atom stereocenters. The summed E-state index contributed by atoms with van der Waals surface area (Å²) in [4.78, 5) is 10.6. The molecule has 1 aliphatic rings. The van der Waals surface area contributed by atoms with Gasteiger partial charge in [-0.05, 0) is 12.5 Å². The maximum atomic E-state index is 13.1. The normalized spacial score (nSPS) is 25.3. The Morgan fingerprint density at radius 1 is 1.56 bits per heavy atom. The van der Waals surface area contributed by atoms with E-state index in [2.05, 4.69) is 15.9 Å². The fourth-order valence-corrected chi connectivity index (χ4v) is 2.56. The maximum Gasteiger partial charge on any atom is 0.311 e. The number of ether oxygens (including phenoxy) is 1. The first-order chi connectivity index (χ1) is 8.32. The minimum Gasteiger partial charge on any atom is -0.483 e. The van der Waals surface area contributed by atoms with Gasteiger partial charge < -0.3 is 4.74 Å². The average molecular weight is 318 g/mol. The van der Waals surface area contributed by atoms with Crippen LogP contribution in [0.25, 0.3) is 0 Å². The quantitative estimate of drug-likeness (QED) is 0.485. The lowest BCUT2D eigenvalue weighted by atomic mass is 9.69. The van der Waals surface area contributed by atoms with E-state index in [1.54, 1.807) is 0 Å². The summed E-state index contributed by atoms with van der Waals surface area (Å²) < 4.78 is 18.7. The van der Waals surface area contributed by atoms with Gasteiger partial charge in [0, 0.05) is 22.4 Å². The Kier molecular flexibility index (Phi) is 3.31. The molecule has 98 valence electrons. The Labute approximate surface area is 112 Å². The summed E-state index contributed by atoms with van der Waals surface area (Å²) in [6.07, 6.45) is 0.600. The molecule has 0 heterocycles. The summed E-state index contributed by atoms with van der Waals surface area (Å²) in [5.41, 5.74) is -0.328. The highest BCUT2D eigenvalue weighted by molar-refractivity contribution is 9.09. The van der Waals surface area contributed by atoms with E-state index in [0.717, 1.165) is 24.6 Å². The van der Waals surface area contributed by atoms with E-state index < -0.39 is 10.7 Å². The number of hydrogen-bond donors (Lipinski definition) is 0. The first kappa shape index (κ1) is 13.3. The molecule has 1 aliphatic carbocycles. The fraction of sp³-hybridized carbons (Fsp3) is 0.500. The van der Waals surface area contributed by atoms with Crippen LogP contribution >= 0.6 is 15.9 Å². The van der Waals surface area contributed by atoms with Crippen LogP contribution in [-0.4, -0.2) is 15.9 Å². The number of halogens is 2. The van der Waals surface area contributed by atoms with Gasteiger partial charge in [-0.15, -0.1) is 0 Å². The van der Waals surface area contributed by atoms with Crippen LogP contribution in [0, 0.1) is 21.3 Å². The van der Waals surface area contributed by atoms with Crippen LogP contribution in [-0.2, 0) is 0 Å². The topological polar surface area (TPSA) is 52.4 Å². The molecule has 0 N–H and O–H groups in total. The van der Waals surface area contributed by atoms with Crippen LogP contribution in [0.15, 0.2) is 18.2 Å². The molecule has 1 aromatic rings. The molecule has 0 saturated heterocycles. The molecule has 1 aromatic carbocycles. The van der Waals surface area contributed by atoms with Crippen molar-refractivity contribution in [2.75, 3.05) is 0 Å². The molecule has 0 bridgehead atoms. The molecule has 4 nitrogen and oxygen atoms in total. The number of hydrogen-bond acceptors (Lipinski definition) is 3. The van der Waals surface area contributed by atoms with Crippen molar-refractivity contribution < 1.29 is 14.1 Å². The second-order valence-electron chi connectivity index (χ2n) is 5.00. The minimum atomic E-state index is -0.563. The number of alkyl halides is 1. The summed E-state index contributed by atoms with van der Waals surface area (Å²) in [5, 5.41) is 10.8.